The maximum Gasteiger partial charge on any atom is 0.307 e. The predicted octanol–water partition coefficient (Wildman–Crippen LogP) is 3.79. The van der Waals surface area contributed by atoms with Crippen molar-refractivity contribution in [1.29, 1.82) is 0 Å². The van der Waals surface area contributed by atoms with E-state index in [0.29, 0.717) is 11.8 Å². The van der Waals surface area contributed by atoms with E-state index in [1.807, 2.05) is 6.07 Å². The third kappa shape index (κ3) is 2.20. The Bertz CT molecular complexity index is 481. The second kappa shape index (κ2) is 4.60. The summed E-state index contributed by atoms with van der Waals surface area (Å²) in [6, 6.07) is 10.5. The summed E-state index contributed by atoms with van der Waals surface area (Å²) in [5.74, 6) is 1.80. The zero-order valence-electron chi connectivity index (χ0n) is 10.7. The molecule has 0 bridgehead atoms. The fourth-order valence-corrected chi connectivity index (χ4v) is 2.72. The maximum absolute atomic E-state index is 11.2. The number of carbonyl (C=O) groups is 1. The number of benzene rings is 1. The van der Waals surface area contributed by atoms with Crippen LogP contribution in [-0.2, 0) is 9.53 Å². The summed E-state index contributed by atoms with van der Waals surface area (Å²) in [5.41, 5.74) is 2.74. The third-order valence-corrected chi connectivity index (χ3v) is 3.91. The quantitative estimate of drug-likeness (QED) is 0.595. The third-order valence-electron chi connectivity index (χ3n) is 3.91. The lowest BCUT2D eigenvalue weighted by atomic mass is 9.89. The normalized spacial score (nSPS) is 25.3. The SMILES string of the molecule is CC(=O)OC(=C1CCC1)[C@@H]1C[C@@H]1c1ccccc1. The molecule has 18 heavy (non-hydrogen) atoms. The molecule has 0 amide bonds. The van der Waals surface area contributed by atoms with E-state index in [0.717, 1.165) is 25.0 Å². The van der Waals surface area contributed by atoms with Crippen LogP contribution in [0.5, 0.6) is 0 Å². The first-order chi connectivity index (χ1) is 8.75. The largest absolute Gasteiger partial charge is 0.431 e. The highest BCUT2D eigenvalue weighted by Crippen LogP contribution is 2.54. The van der Waals surface area contributed by atoms with Crippen LogP contribution >= 0.6 is 0 Å². The molecule has 2 aliphatic rings. The van der Waals surface area contributed by atoms with Gasteiger partial charge in [0.1, 0.15) is 5.76 Å². The standard InChI is InChI=1S/C16H18O2/c1-11(17)18-16(13-8-5-9-13)15-10-14(15)12-6-3-2-4-7-12/h2-4,6-7,14-15H,5,8-10H2,1H3/t14-,15-/m1/s1. The number of rotatable bonds is 3. The average molecular weight is 242 g/mol. The van der Waals surface area contributed by atoms with Gasteiger partial charge in [-0.3, -0.25) is 4.79 Å². The molecular weight excluding hydrogens is 224 g/mol. The molecule has 94 valence electrons. The van der Waals surface area contributed by atoms with Crippen molar-refractivity contribution in [3.05, 3.63) is 47.2 Å². The van der Waals surface area contributed by atoms with Crippen LogP contribution in [0.2, 0.25) is 0 Å². The molecule has 1 aromatic carbocycles. The summed E-state index contributed by atoms with van der Waals surface area (Å²) >= 11 is 0. The number of hydrogen-bond acceptors (Lipinski definition) is 2. The summed E-state index contributed by atoms with van der Waals surface area (Å²) in [6.07, 6.45) is 4.58. The van der Waals surface area contributed by atoms with Crippen LogP contribution < -0.4 is 0 Å². The van der Waals surface area contributed by atoms with E-state index >= 15 is 0 Å². The van der Waals surface area contributed by atoms with Gasteiger partial charge in [0, 0.05) is 12.8 Å². The van der Waals surface area contributed by atoms with E-state index in [4.69, 9.17) is 4.74 Å². The Balaban J connectivity index is 1.77. The van der Waals surface area contributed by atoms with Crippen molar-refractivity contribution in [1.82, 2.24) is 0 Å². The van der Waals surface area contributed by atoms with Crippen LogP contribution in [0, 0.1) is 5.92 Å². The number of allylic oxidation sites excluding steroid dienone is 2. The van der Waals surface area contributed by atoms with Crippen LogP contribution in [0.15, 0.2) is 41.7 Å². The van der Waals surface area contributed by atoms with Gasteiger partial charge in [-0.2, -0.15) is 0 Å². The first kappa shape index (κ1) is 11.5. The molecule has 2 aliphatic carbocycles. The average Bonchev–Trinajstić information content (AvgIpc) is 3.06. The van der Waals surface area contributed by atoms with Crippen LogP contribution in [0.3, 0.4) is 0 Å². The lowest BCUT2D eigenvalue weighted by Gasteiger charge is -2.21. The molecule has 0 saturated heterocycles. The Hall–Kier alpha value is -1.57. The molecule has 3 rings (SSSR count). The zero-order valence-corrected chi connectivity index (χ0v) is 10.7. The Labute approximate surface area is 108 Å². The molecule has 2 heteroatoms. The van der Waals surface area contributed by atoms with Crippen molar-refractivity contribution < 1.29 is 9.53 Å². The zero-order chi connectivity index (χ0) is 12.5. The fraction of sp³-hybridized carbons (Fsp3) is 0.438. The van der Waals surface area contributed by atoms with Gasteiger partial charge in [0.05, 0.1) is 0 Å². The molecule has 2 nitrogen and oxygen atoms in total. The lowest BCUT2D eigenvalue weighted by Crippen LogP contribution is -2.10. The van der Waals surface area contributed by atoms with Gasteiger partial charge >= 0.3 is 5.97 Å². The van der Waals surface area contributed by atoms with Gasteiger partial charge in [-0.15, -0.1) is 0 Å². The Morgan fingerprint density at radius 1 is 1.22 bits per heavy atom. The minimum absolute atomic E-state index is 0.178. The second-order valence-electron chi connectivity index (χ2n) is 5.27. The molecular formula is C16H18O2. The Morgan fingerprint density at radius 2 is 1.94 bits per heavy atom. The molecule has 0 aliphatic heterocycles. The van der Waals surface area contributed by atoms with E-state index in [1.165, 1.54) is 24.5 Å². The molecule has 0 heterocycles. The molecule has 2 saturated carbocycles. The number of carbonyl (C=O) groups excluding carboxylic acids is 1. The first-order valence-electron chi connectivity index (χ1n) is 6.71. The van der Waals surface area contributed by atoms with Crippen molar-refractivity contribution in [2.24, 2.45) is 5.92 Å². The van der Waals surface area contributed by atoms with Gasteiger partial charge in [0.15, 0.2) is 0 Å². The summed E-state index contributed by atoms with van der Waals surface area (Å²) < 4.78 is 5.47. The highest BCUT2D eigenvalue weighted by molar-refractivity contribution is 5.67. The Morgan fingerprint density at radius 3 is 2.50 bits per heavy atom. The number of hydrogen-bond donors (Lipinski definition) is 0. The molecule has 1 aromatic rings. The van der Waals surface area contributed by atoms with E-state index < -0.39 is 0 Å². The maximum atomic E-state index is 11.2. The van der Waals surface area contributed by atoms with Crippen LogP contribution in [0.25, 0.3) is 0 Å². The lowest BCUT2D eigenvalue weighted by molar-refractivity contribution is -0.137. The molecule has 0 spiro atoms. The molecule has 2 fully saturated rings. The summed E-state index contributed by atoms with van der Waals surface area (Å²) in [4.78, 5) is 11.2. The highest BCUT2D eigenvalue weighted by atomic mass is 16.5. The van der Waals surface area contributed by atoms with E-state index in [1.54, 1.807) is 0 Å². The number of esters is 1. The minimum atomic E-state index is -0.178. The van der Waals surface area contributed by atoms with Gasteiger partial charge in [0.2, 0.25) is 0 Å². The van der Waals surface area contributed by atoms with Crippen molar-refractivity contribution in [2.75, 3.05) is 0 Å². The van der Waals surface area contributed by atoms with Gasteiger partial charge in [-0.25, -0.2) is 0 Å². The van der Waals surface area contributed by atoms with Crippen LogP contribution in [0.4, 0.5) is 0 Å². The minimum Gasteiger partial charge on any atom is -0.431 e. The summed E-state index contributed by atoms with van der Waals surface area (Å²) in [6.45, 7) is 1.50. The Kier molecular flexibility index (Phi) is 2.94. The second-order valence-corrected chi connectivity index (χ2v) is 5.27. The van der Waals surface area contributed by atoms with Crippen molar-refractivity contribution in [3.8, 4) is 0 Å². The predicted molar refractivity (Wildman–Crippen MR) is 69.9 cm³/mol. The highest BCUT2D eigenvalue weighted by Gasteiger charge is 2.44. The monoisotopic (exact) mass is 242 g/mol. The van der Waals surface area contributed by atoms with Gasteiger partial charge in [-0.1, -0.05) is 30.3 Å². The molecule has 0 N–H and O–H groups in total. The molecule has 0 unspecified atom stereocenters. The van der Waals surface area contributed by atoms with Gasteiger partial charge in [-0.05, 0) is 42.7 Å². The summed E-state index contributed by atoms with van der Waals surface area (Å²) in [5, 5.41) is 0. The van der Waals surface area contributed by atoms with Crippen molar-refractivity contribution in [2.45, 2.75) is 38.5 Å². The molecule has 0 radical (unpaired) electrons. The number of ether oxygens (including phenoxy) is 1. The van der Waals surface area contributed by atoms with Crippen molar-refractivity contribution >= 4 is 5.97 Å². The van der Waals surface area contributed by atoms with Gasteiger partial charge in [0.25, 0.3) is 0 Å². The van der Waals surface area contributed by atoms with Crippen molar-refractivity contribution in [3.63, 3.8) is 0 Å². The van der Waals surface area contributed by atoms with E-state index in [9.17, 15) is 4.79 Å². The molecule has 0 aromatic heterocycles. The molecule has 2 atom stereocenters. The first-order valence-corrected chi connectivity index (χ1v) is 6.71. The fourth-order valence-electron chi connectivity index (χ4n) is 2.72. The summed E-state index contributed by atoms with van der Waals surface area (Å²) in [7, 11) is 0. The smallest absolute Gasteiger partial charge is 0.307 e. The van der Waals surface area contributed by atoms with Crippen LogP contribution in [0.1, 0.15) is 44.1 Å². The van der Waals surface area contributed by atoms with E-state index in [2.05, 4.69) is 24.3 Å². The van der Waals surface area contributed by atoms with E-state index in [-0.39, 0.29) is 5.97 Å². The topological polar surface area (TPSA) is 26.3 Å². The van der Waals surface area contributed by atoms with Crippen LogP contribution in [-0.4, -0.2) is 5.97 Å². The van der Waals surface area contributed by atoms with Gasteiger partial charge < -0.3 is 4.74 Å².